The summed E-state index contributed by atoms with van der Waals surface area (Å²) in [6.45, 7) is 3.58. The maximum atomic E-state index is 14.8. The second-order valence-corrected chi connectivity index (χ2v) is 9.44. The number of pyridine rings is 1. The smallest absolute Gasteiger partial charge is 0.344 e. The molecule has 1 aromatic heterocycles. The van der Waals surface area contributed by atoms with Gasteiger partial charge in [0.05, 0.1) is 22.1 Å². The zero-order valence-corrected chi connectivity index (χ0v) is 22.1. The number of rotatable bonds is 7. The molecule has 1 N–H and O–H groups in total. The fourth-order valence-electron chi connectivity index (χ4n) is 4.44. The maximum absolute atomic E-state index is 14.8. The molecule has 1 unspecified atom stereocenters. The molecule has 0 aliphatic carbocycles. The molecule has 3 nitrogen and oxygen atoms in total. The molecule has 0 saturated carbocycles. The number of allylic oxidation sites excluding steroid dienone is 1. The molecule has 0 aliphatic heterocycles. The van der Waals surface area contributed by atoms with Crippen molar-refractivity contribution in [3.05, 3.63) is 142 Å². The van der Waals surface area contributed by atoms with Crippen molar-refractivity contribution < 1.29 is 17.6 Å². The third-order valence-corrected chi connectivity index (χ3v) is 6.43. The van der Waals surface area contributed by atoms with Crippen LogP contribution in [0.1, 0.15) is 41.8 Å². The summed E-state index contributed by atoms with van der Waals surface area (Å²) in [5.41, 5.74) is 0.123. The van der Waals surface area contributed by atoms with Crippen LogP contribution in [0.4, 0.5) is 17.6 Å². The van der Waals surface area contributed by atoms with Gasteiger partial charge in [0.1, 0.15) is 11.4 Å². The molecule has 4 aromatic rings. The fourth-order valence-corrected chi connectivity index (χ4v) is 4.56. The summed E-state index contributed by atoms with van der Waals surface area (Å²) in [4.78, 5) is 9.45. The number of hydrogen-bond acceptors (Lipinski definition) is 2. The number of nitrogens with one attached hydrogen (secondary N) is 1. The van der Waals surface area contributed by atoms with Crippen molar-refractivity contribution in [3.8, 4) is 0 Å². The molecule has 200 valence electrons. The Morgan fingerprint density at radius 2 is 1.56 bits per heavy atom. The number of benzene rings is 3. The van der Waals surface area contributed by atoms with Gasteiger partial charge in [-0.25, -0.2) is 4.39 Å². The van der Waals surface area contributed by atoms with Gasteiger partial charge in [0.2, 0.25) is 0 Å². The third-order valence-electron chi connectivity index (χ3n) is 6.20. The molecule has 0 saturated heterocycles. The Balaban J connectivity index is 1.97. The number of aliphatic imine (C=N–C) groups is 1. The number of hydrogen-bond donors (Lipinski definition) is 1. The van der Waals surface area contributed by atoms with Gasteiger partial charge in [-0.3, -0.25) is 9.98 Å². The Labute approximate surface area is 229 Å². The highest BCUT2D eigenvalue weighted by atomic mass is 35.5. The highest BCUT2D eigenvalue weighted by Gasteiger charge is 2.40. The molecule has 0 spiro atoms. The Morgan fingerprint density at radius 1 is 0.923 bits per heavy atom. The van der Waals surface area contributed by atoms with E-state index in [1.807, 2.05) is 73.7 Å². The lowest BCUT2D eigenvalue weighted by molar-refractivity contribution is -0.137. The lowest BCUT2D eigenvalue weighted by Crippen LogP contribution is -2.34. The van der Waals surface area contributed by atoms with Gasteiger partial charge in [-0.1, -0.05) is 78.3 Å². The second kappa shape index (κ2) is 11.8. The van der Waals surface area contributed by atoms with Gasteiger partial charge in [-0.2, -0.15) is 13.2 Å². The molecule has 8 heteroatoms. The molecule has 0 aliphatic rings. The number of nitrogens with zero attached hydrogens (tertiary/aromatic N) is 2. The molecule has 0 bridgehead atoms. The van der Waals surface area contributed by atoms with E-state index in [2.05, 4.69) is 10.3 Å². The van der Waals surface area contributed by atoms with E-state index in [1.54, 1.807) is 19.1 Å². The normalized spacial score (nSPS) is 14.1. The Morgan fingerprint density at radius 3 is 2.15 bits per heavy atom. The summed E-state index contributed by atoms with van der Waals surface area (Å²) in [6.07, 6.45) is -1.37. The van der Waals surface area contributed by atoms with Crippen molar-refractivity contribution in [1.82, 2.24) is 10.3 Å². The molecule has 0 radical (unpaired) electrons. The monoisotopic (exact) mass is 551 g/mol. The van der Waals surface area contributed by atoms with Crippen molar-refractivity contribution in [2.75, 3.05) is 0 Å². The minimum atomic E-state index is -4.76. The van der Waals surface area contributed by atoms with E-state index in [4.69, 9.17) is 16.6 Å². The first-order valence-corrected chi connectivity index (χ1v) is 12.6. The van der Waals surface area contributed by atoms with Gasteiger partial charge in [0, 0.05) is 18.3 Å². The third kappa shape index (κ3) is 6.73. The quantitative estimate of drug-likeness (QED) is 0.142. The highest BCUT2D eigenvalue weighted by Crippen LogP contribution is 2.40. The average molecular weight is 552 g/mol. The van der Waals surface area contributed by atoms with Crippen LogP contribution >= 0.6 is 11.6 Å². The van der Waals surface area contributed by atoms with Gasteiger partial charge in [0.15, 0.2) is 0 Å². The molecular weight excluding hydrogens is 526 g/mol. The van der Waals surface area contributed by atoms with E-state index < -0.39 is 23.1 Å². The van der Waals surface area contributed by atoms with Crippen LogP contribution in [-0.4, -0.2) is 10.8 Å². The standard InChI is InChI=1S/C31H26ClF4N3/c1-3-28(23-12-8-5-9-13-23)38-21(2)39-30(19-22-10-6-4-7-11-22,29-15-14-26(32)20-37-29)24-16-25(31(34,35)36)18-27(33)17-24/h3-18,20H,19H2,1-2H3,(H,38,39)/b28-3-. The number of alkyl halides is 3. The largest absolute Gasteiger partial charge is 0.416 e. The maximum Gasteiger partial charge on any atom is 0.416 e. The molecular formula is C31H26ClF4N3. The molecule has 0 amide bonds. The van der Waals surface area contributed by atoms with Gasteiger partial charge in [0.25, 0.3) is 0 Å². The first-order chi connectivity index (χ1) is 18.6. The van der Waals surface area contributed by atoms with Crippen molar-refractivity contribution >= 4 is 23.1 Å². The van der Waals surface area contributed by atoms with Crippen LogP contribution in [0.15, 0.2) is 108 Å². The highest BCUT2D eigenvalue weighted by molar-refractivity contribution is 6.30. The first-order valence-electron chi connectivity index (χ1n) is 12.2. The van der Waals surface area contributed by atoms with E-state index in [9.17, 15) is 17.6 Å². The summed E-state index contributed by atoms with van der Waals surface area (Å²) in [7, 11) is 0. The number of aromatic nitrogens is 1. The van der Waals surface area contributed by atoms with Gasteiger partial charge >= 0.3 is 6.18 Å². The summed E-state index contributed by atoms with van der Waals surface area (Å²) in [5, 5.41) is 3.62. The van der Waals surface area contributed by atoms with Crippen LogP contribution in [0, 0.1) is 5.82 Å². The van der Waals surface area contributed by atoms with E-state index >= 15 is 0 Å². The minimum Gasteiger partial charge on any atom is -0.344 e. The van der Waals surface area contributed by atoms with Crippen LogP contribution in [0.2, 0.25) is 5.02 Å². The van der Waals surface area contributed by atoms with Crippen LogP contribution < -0.4 is 5.32 Å². The van der Waals surface area contributed by atoms with E-state index in [0.29, 0.717) is 22.6 Å². The van der Waals surface area contributed by atoms with Crippen molar-refractivity contribution in [1.29, 1.82) is 0 Å². The number of halogens is 5. The minimum absolute atomic E-state index is 0.0105. The van der Waals surface area contributed by atoms with E-state index in [-0.39, 0.29) is 12.0 Å². The molecule has 1 heterocycles. The van der Waals surface area contributed by atoms with Gasteiger partial charge in [-0.05, 0) is 60.9 Å². The van der Waals surface area contributed by atoms with Gasteiger partial charge in [-0.15, -0.1) is 0 Å². The van der Waals surface area contributed by atoms with Crippen LogP contribution in [0.3, 0.4) is 0 Å². The molecule has 1 atom stereocenters. The van der Waals surface area contributed by atoms with Crippen molar-refractivity contribution in [2.24, 2.45) is 4.99 Å². The van der Waals surface area contributed by atoms with Crippen LogP contribution in [0.25, 0.3) is 5.70 Å². The summed E-state index contributed by atoms with van der Waals surface area (Å²) in [6, 6.07) is 24.4. The van der Waals surface area contributed by atoms with Crippen LogP contribution in [-0.2, 0) is 18.1 Å². The molecule has 39 heavy (non-hydrogen) atoms. The second-order valence-electron chi connectivity index (χ2n) is 9.00. The van der Waals surface area contributed by atoms with E-state index in [0.717, 1.165) is 29.0 Å². The van der Waals surface area contributed by atoms with Crippen molar-refractivity contribution in [2.45, 2.75) is 32.0 Å². The molecule has 4 rings (SSSR count). The predicted octanol–water partition coefficient (Wildman–Crippen LogP) is 8.45. The average Bonchev–Trinajstić information content (AvgIpc) is 2.92. The lowest BCUT2D eigenvalue weighted by Gasteiger charge is -2.32. The summed E-state index contributed by atoms with van der Waals surface area (Å²) >= 11 is 6.11. The van der Waals surface area contributed by atoms with Crippen LogP contribution in [0.5, 0.6) is 0 Å². The fraction of sp³-hybridized carbons (Fsp3) is 0.161. The topological polar surface area (TPSA) is 37.3 Å². The molecule has 0 fully saturated rings. The first kappa shape index (κ1) is 28.0. The number of amidine groups is 1. The molecule has 3 aromatic carbocycles. The SMILES string of the molecule is C/C=C(\NC(C)=NC(Cc1ccccc1)(c1cc(F)cc(C(F)(F)F)c1)c1ccc(Cl)cn1)c1ccccc1. The summed E-state index contributed by atoms with van der Waals surface area (Å²) < 4.78 is 56.3. The summed E-state index contributed by atoms with van der Waals surface area (Å²) in [5.74, 6) is -0.622. The predicted molar refractivity (Wildman–Crippen MR) is 148 cm³/mol. The van der Waals surface area contributed by atoms with Crippen molar-refractivity contribution in [3.63, 3.8) is 0 Å². The lowest BCUT2D eigenvalue weighted by atomic mass is 9.80. The Bertz CT molecular complexity index is 1470. The Hall–Kier alpha value is -3.97. The van der Waals surface area contributed by atoms with E-state index in [1.165, 1.54) is 6.20 Å². The zero-order chi connectivity index (χ0) is 28.0. The van der Waals surface area contributed by atoms with Gasteiger partial charge < -0.3 is 5.32 Å². The zero-order valence-electron chi connectivity index (χ0n) is 21.3. The Kier molecular flexibility index (Phi) is 8.51.